The van der Waals surface area contributed by atoms with Crippen LogP contribution in [-0.2, 0) is 22.5 Å². The molecule has 23 heavy (non-hydrogen) atoms. The highest BCUT2D eigenvalue weighted by molar-refractivity contribution is 5.40. The normalized spacial score (nSPS) is 26.0. The van der Waals surface area contributed by atoms with Crippen LogP contribution in [0.25, 0.3) is 0 Å². The van der Waals surface area contributed by atoms with E-state index < -0.39 is 11.4 Å². The zero-order valence-corrected chi connectivity index (χ0v) is 12.7. The summed E-state index contributed by atoms with van der Waals surface area (Å²) in [6, 6.07) is 29.7. The van der Waals surface area contributed by atoms with Gasteiger partial charge in [0, 0.05) is 12.0 Å². The molecule has 2 atom stereocenters. The lowest BCUT2D eigenvalue weighted by Gasteiger charge is -2.17. The van der Waals surface area contributed by atoms with Gasteiger partial charge in [0.15, 0.2) is 5.60 Å². The number of aliphatic hydroxyl groups is 1. The summed E-state index contributed by atoms with van der Waals surface area (Å²) in [5.74, 6) is -1.29. The van der Waals surface area contributed by atoms with E-state index in [2.05, 4.69) is 12.1 Å². The van der Waals surface area contributed by atoms with Gasteiger partial charge in [-0.05, 0) is 11.1 Å². The molecule has 0 radical (unpaired) electrons. The van der Waals surface area contributed by atoms with Crippen LogP contribution in [-0.4, -0.2) is 5.11 Å². The van der Waals surface area contributed by atoms with E-state index in [1.165, 1.54) is 0 Å². The topological polar surface area (TPSA) is 32.8 Å². The molecule has 1 heterocycles. The van der Waals surface area contributed by atoms with E-state index in [0.29, 0.717) is 6.42 Å². The Morgan fingerprint density at radius 2 is 1.13 bits per heavy atom. The monoisotopic (exact) mass is 302 g/mol. The van der Waals surface area contributed by atoms with Crippen molar-refractivity contribution in [3.05, 3.63) is 108 Å². The van der Waals surface area contributed by atoms with E-state index in [9.17, 15) is 5.11 Å². The summed E-state index contributed by atoms with van der Waals surface area (Å²) >= 11 is 0. The van der Waals surface area contributed by atoms with Gasteiger partial charge in [-0.3, -0.25) is 0 Å². The summed E-state index contributed by atoms with van der Waals surface area (Å²) in [6.07, 6.45) is 0.628. The van der Waals surface area contributed by atoms with Gasteiger partial charge in [0.1, 0.15) is 0 Å². The van der Waals surface area contributed by atoms with E-state index in [0.717, 1.165) is 16.7 Å². The molecule has 3 aromatic carbocycles. The Morgan fingerprint density at radius 1 is 0.652 bits per heavy atom. The SMILES string of the molecule is OC1(c2ccccc2)OC1(Cc1ccccc1)c1ccccc1. The minimum atomic E-state index is -1.29. The molecule has 1 fully saturated rings. The molecule has 0 aliphatic carbocycles. The van der Waals surface area contributed by atoms with Crippen LogP contribution in [0.15, 0.2) is 91.0 Å². The zero-order chi connectivity index (χ0) is 15.8. The maximum atomic E-state index is 11.2. The Morgan fingerprint density at radius 3 is 1.70 bits per heavy atom. The highest BCUT2D eigenvalue weighted by Crippen LogP contribution is 2.61. The third-order valence-electron chi connectivity index (χ3n) is 4.53. The van der Waals surface area contributed by atoms with Crippen molar-refractivity contribution in [1.82, 2.24) is 0 Å². The molecule has 3 aromatic rings. The summed E-state index contributed by atoms with van der Waals surface area (Å²) in [5, 5.41) is 11.2. The summed E-state index contributed by atoms with van der Waals surface area (Å²) in [7, 11) is 0. The van der Waals surface area contributed by atoms with Crippen molar-refractivity contribution >= 4 is 0 Å². The maximum Gasteiger partial charge on any atom is 0.228 e. The fourth-order valence-corrected chi connectivity index (χ4v) is 3.29. The molecular weight excluding hydrogens is 284 g/mol. The Bertz CT molecular complexity index is 786. The standard InChI is InChI=1S/C21H18O2/c22-21(19-14-8-3-9-15-19)20(23-21,18-12-6-2-7-13-18)16-17-10-4-1-5-11-17/h1-15,22H,16H2. The van der Waals surface area contributed by atoms with Crippen LogP contribution >= 0.6 is 0 Å². The van der Waals surface area contributed by atoms with Crippen molar-refractivity contribution in [2.75, 3.05) is 0 Å². The smallest absolute Gasteiger partial charge is 0.228 e. The predicted octanol–water partition coefficient (Wildman–Crippen LogP) is 4.00. The van der Waals surface area contributed by atoms with Crippen molar-refractivity contribution < 1.29 is 9.84 Å². The summed E-state index contributed by atoms with van der Waals surface area (Å²) in [5.41, 5.74) is 2.19. The Hall–Kier alpha value is -2.42. The van der Waals surface area contributed by atoms with Gasteiger partial charge in [-0.15, -0.1) is 0 Å². The third kappa shape index (κ3) is 2.27. The van der Waals surface area contributed by atoms with Gasteiger partial charge in [0.05, 0.1) is 0 Å². The highest BCUT2D eigenvalue weighted by atomic mass is 16.8. The molecule has 1 aliphatic rings. The van der Waals surface area contributed by atoms with Crippen LogP contribution in [0.1, 0.15) is 16.7 Å². The van der Waals surface area contributed by atoms with Crippen LogP contribution in [0, 0.1) is 0 Å². The first-order valence-electron chi connectivity index (χ1n) is 7.82. The van der Waals surface area contributed by atoms with Gasteiger partial charge < -0.3 is 9.84 Å². The quantitative estimate of drug-likeness (QED) is 0.739. The number of rotatable bonds is 4. The van der Waals surface area contributed by atoms with E-state index in [1.807, 2.05) is 78.9 Å². The van der Waals surface area contributed by atoms with Crippen molar-refractivity contribution in [2.24, 2.45) is 0 Å². The molecule has 0 amide bonds. The Labute approximate surface area is 136 Å². The second kappa shape index (κ2) is 5.34. The van der Waals surface area contributed by atoms with Gasteiger partial charge in [-0.2, -0.15) is 0 Å². The third-order valence-corrected chi connectivity index (χ3v) is 4.53. The fourth-order valence-electron chi connectivity index (χ4n) is 3.29. The van der Waals surface area contributed by atoms with Gasteiger partial charge in [-0.25, -0.2) is 0 Å². The van der Waals surface area contributed by atoms with Crippen LogP contribution in [0.4, 0.5) is 0 Å². The van der Waals surface area contributed by atoms with E-state index >= 15 is 0 Å². The average Bonchev–Trinajstić information content (AvgIpc) is 3.24. The van der Waals surface area contributed by atoms with E-state index in [-0.39, 0.29) is 0 Å². The lowest BCUT2D eigenvalue weighted by molar-refractivity contribution is 0.0329. The minimum absolute atomic E-state index is 0.628. The number of hydrogen-bond donors (Lipinski definition) is 1. The van der Waals surface area contributed by atoms with E-state index in [1.54, 1.807) is 0 Å². The van der Waals surface area contributed by atoms with Crippen LogP contribution < -0.4 is 0 Å². The maximum absolute atomic E-state index is 11.2. The van der Waals surface area contributed by atoms with Crippen LogP contribution in [0.2, 0.25) is 0 Å². The summed E-state index contributed by atoms with van der Waals surface area (Å²) < 4.78 is 6.02. The second-order valence-corrected chi connectivity index (χ2v) is 5.97. The molecule has 114 valence electrons. The molecule has 1 N–H and O–H groups in total. The van der Waals surface area contributed by atoms with Crippen molar-refractivity contribution in [2.45, 2.75) is 17.8 Å². The highest BCUT2D eigenvalue weighted by Gasteiger charge is 2.71. The Balaban J connectivity index is 1.78. The molecule has 1 aliphatic heterocycles. The minimum Gasteiger partial charge on any atom is -0.359 e. The fraction of sp³-hybridized carbons (Fsp3) is 0.143. The van der Waals surface area contributed by atoms with Crippen molar-refractivity contribution in [3.63, 3.8) is 0 Å². The lowest BCUT2D eigenvalue weighted by Crippen LogP contribution is -2.24. The van der Waals surface area contributed by atoms with Crippen molar-refractivity contribution in [1.29, 1.82) is 0 Å². The molecule has 1 saturated heterocycles. The molecule has 0 spiro atoms. The predicted molar refractivity (Wildman–Crippen MR) is 89.7 cm³/mol. The average molecular weight is 302 g/mol. The van der Waals surface area contributed by atoms with Crippen LogP contribution in [0.5, 0.6) is 0 Å². The first-order chi connectivity index (χ1) is 11.2. The van der Waals surface area contributed by atoms with E-state index in [4.69, 9.17) is 4.74 Å². The first kappa shape index (κ1) is 14.2. The molecule has 0 bridgehead atoms. The van der Waals surface area contributed by atoms with Crippen LogP contribution in [0.3, 0.4) is 0 Å². The summed E-state index contributed by atoms with van der Waals surface area (Å²) in [4.78, 5) is 0. The van der Waals surface area contributed by atoms with Gasteiger partial charge in [-0.1, -0.05) is 91.0 Å². The molecule has 0 aromatic heterocycles. The second-order valence-electron chi connectivity index (χ2n) is 5.97. The largest absolute Gasteiger partial charge is 0.359 e. The lowest BCUT2D eigenvalue weighted by atomic mass is 9.84. The molecule has 2 heteroatoms. The zero-order valence-electron chi connectivity index (χ0n) is 12.7. The number of epoxide rings is 1. The van der Waals surface area contributed by atoms with Gasteiger partial charge in [0.2, 0.25) is 5.79 Å². The molecule has 4 rings (SSSR count). The summed E-state index contributed by atoms with van der Waals surface area (Å²) in [6.45, 7) is 0. The molecule has 2 unspecified atom stereocenters. The number of benzene rings is 3. The van der Waals surface area contributed by atoms with Gasteiger partial charge in [0.25, 0.3) is 0 Å². The first-order valence-corrected chi connectivity index (χ1v) is 7.82. The molecular formula is C21H18O2. The number of ether oxygens (including phenoxy) is 1. The number of hydrogen-bond acceptors (Lipinski definition) is 2. The molecule has 0 saturated carbocycles. The van der Waals surface area contributed by atoms with Gasteiger partial charge >= 0.3 is 0 Å². The Kier molecular flexibility index (Phi) is 3.29. The molecule has 2 nitrogen and oxygen atoms in total. The van der Waals surface area contributed by atoms with Crippen molar-refractivity contribution in [3.8, 4) is 0 Å².